The summed E-state index contributed by atoms with van der Waals surface area (Å²) in [6.45, 7) is 1.33. The van der Waals surface area contributed by atoms with Gasteiger partial charge in [-0.25, -0.2) is 0 Å². The fourth-order valence-electron chi connectivity index (χ4n) is 2.74. The number of ether oxygens (including phenoxy) is 2. The van der Waals surface area contributed by atoms with Crippen molar-refractivity contribution in [1.29, 1.82) is 0 Å². The van der Waals surface area contributed by atoms with Crippen LogP contribution < -0.4 is 14.8 Å². The van der Waals surface area contributed by atoms with Crippen molar-refractivity contribution in [3.63, 3.8) is 0 Å². The maximum Gasteiger partial charge on any atom is 0.193 e. The molecule has 0 amide bonds. The Bertz CT molecular complexity index is 747. The van der Waals surface area contributed by atoms with Gasteiger partial charge in [-0.15, -0.1) is 0 Å². The van der Waals surface area contributed by atoms with Crippen LogP contribution in [0.25, 0.3) is 0 Å². The smallest absolute Gasteiger partial charge is 0.193 e. The molecule has 2 aromatic rings. The highest BCUT2D eigenvalue weighted by atomic mass is 16.5. The third-order valence-electron chi connectivity index (χ3n) is 4.14. The number of hydrogen-bond acceptors (Lipinski definition) is 4. The molecule has 140 valence electrons. The quantitative estimate of drug-likeness (QED) is 0.589. The van der Waals surface area contributed by atoms with Crippen molar-refractivity contribution in [3.05, 3.63) is 53.6 Å². The van der Waals surface area contributed by atoms with Gasteiger partial charge in [-0.3, -0.25) is 4.99 Å². The molecule has 2 aromatic carbocycles. The maximum absolute atomic E-state index is 10.0. The van der Waals surface area contributed by atoms with Gasteiger partial charge in [-0.2, -0.15) is 0 Å². The van der Waals surface area contributed by atoms with Crippen LogP contribution in [0.15, 0.2) is 47.5 Å². The number of guanidine groups is 1. The van der Waals surface area contributed by atoms with Crippen molar-refractivity contribution in [2.24, 2.45) is 4.99 Å². The molecule has 6 nitrogen and oxygen atoms in total. The summed E-state index contributed by atoms with van der Waals surface area (Å²) in [5.74, 6) is 2.52. The molecular weight excluding hydrogens is 330 g/mol. The maximum atomic E-state index is 10.0. The molecule has 0 aromatic heterocycles. The molecule has 2 rings (SSSR count). The minimum absolute atomic E-state index is 0.239. The number of aromatic hydroxyl groups is 1. The molecule has 0 radical (unpaired) electrons. The van der Waals surface area contributed by atoms with Gasteiger partial charge < -0.3 is 24.8 Å². The van der Waals surface area contributed by atoms with E-state index in [-0.39, 0.29) is 5.75 Å². The molecule has 6 heteroatoms. The van der Waals surface area contributed by atoms with Crippen molar-refractivity contribution in [2.75, 3.05) is 34.9 Å². The van der Waals surface area contributed by atoms with Crippen molar-refractivity contribution >= 4 is 5.96 Å². The van der Waals surface area contributed by atoms with Gasteiger partial charge in [0.2, 0.25) is 0 Å². The highest BCUT2D eigenvalue weighted by Crippen LogP contribution is 2.23. The van der Waals surface area contributed by atoms with Gasteiger partial charge >= 0.3 is 0 Å². The summed E-state index contributed by atoms with van der Waals surface area (Å²) >= 11 is 0. The molecule has 0 spiro atoms. The third kappa shape index (κ3) is 5.05. The number of para-hydroxylation sites is 1. The fourth-order valence-corrected chi connectivity index (χ4v) is 2.74. The van der Waals surface area contributed by atoms with Gasteiger partial charge in [0.1, 0.15) is 17.2 Å². The van der Waals surface area contributed by atoms with E-state index in [1.807, 2.05) is 48.3 Å². The van der Waals surface area contributed by atoms with Crippen LogP contribution in [-0.2, 0) is 13.0 Å². The Morgan fingerprint density at radius 3 is 2.54 bits per heavy atom. The summed E-state index contributed by atoms with van der Waals surface area (Å²) in [7, 11) is 6.99. The minimum atomic E-state index is 0.239. The Balaban J connectivity index is 1.93. The molecule has 0 unspecified atom stereocenters. The van der Waals surface area contributed by atoms with Crippen LogP contribution in [-0.4, -0.2) is 50.8 Å². The molecule has 26 heavy (non-hydrogen) atoms. The number of nitrogens with zero attached hydrogens (tertiary/aromatic N) is 2. The molecular formula is C20H27N3O3. The number of benzene rings is 2. The van der Waals surface area contributed by atoms with E-state index in [0.29, 0.717) is 25.3 Å². The van der Waals surface area contributed by atoms with Crippen LogP contribution >= 0.6 is 0 Å². The second-order valence-electron chi connectivity index (χ2n) is 5.89. The van der Waals surface area contributed by atoms with Gasteiger partial charge in [0.15, 0.2) is 5.96 Å². The van der Waals surface area contributed by atoms with E-state index in [4.69, 9.17) is 9.47 Å². The molecule has 0 fully saturated rings. The van der Waals surface area contributed by atoms with Crippen LogP contribution in [0.3, 0.4) is 0 Å². The minimum Gasteiger partial charge on any atom is -0.508 e. The summed E-state index contributed by atoms with van der Waals surface area (Å²) in [5, 5.41) is 13.4. The zero-order chi connectivity index (χ0) is 18.9. The number of rotatable bonds is 7. The summed E-state index contributed by atoms with van der Waals surface area (Å²) in [6.07, 6.45) is 0.678. The van der Waals surface area contributed by atoms with E-state index in [1.165, 1.54) is 0 Å². The molecule has 0 aliphatic carbocycles. The second-order valence-corrected chi connectivity index (χ2v) is 5.89. The largest absolute Gasteiger partial charge is 0.508 e. The fraction of sp³-hybridized carbons (Fsp3) is 0.350. The third-order valence-corrected chi connectivity index (χ3v) is 4.14. The molecule has 0 saturated heterocycles. The number of hydrogen-bond donors (Lipinski definition) is 2. The lowest BCUT2D eigenvalue weighted by Gasteiger charge is -2.23. The van der Waals surface area contributed by atoms with E-state index >= 15 is 0 Å². The number of phenols is 1. The van der Waals surface area contributed by atoms with Crippen molar-refractivity contribution in [3.8, 4) is 17.2 Å². The Labute approximate surface area is 155 Å². The van der Waals surface area contributed by atoms with Crippen LogP contribution in [0.2, 0.25) is 0 Å². The van der Waals surface area contributed by atoms with Crippen molar-refractivity contribution in [1.82, 2.24) is 10.2 Å². The van der Waals surface area contributed by atoms with Gasteiger partial charge in [-0.05, 0) is 24.1 Å². The normalized spacial score (nSPS) is 11.2. The molecule has 0 atom stereocenters. The highest BCUT2D eigenvalue weighted by Gasteiger charge is 2.10. The number of methoxy groups -OCH3 is 2. The lowest BCUT2D eigenvalue weighted by molar-refractivity contribution is 0.396. The predicted octanol–water partition coefficient (Wildman–Crippen LogP) is 2.66. The summed E-state index contributed by atoms with van der Waals surface area (Å²) in [5.41, 5.74) is 1.95. The van der Waals surface area contributed by atoms with E-state index in [2.05, 4.69) is 10.3 Å². The predicted molar refractivity (Wildman–Crippen MR) is 104 cm³/mol. The van der Waals surface area contributed by atoms with Crippen molar-refractivity contribution in [2.45, 2.75) is 13.0 Å². The number of aliphatic imine (C=N–C) groups is 1. The van der Waals surface area contributed by atoms with E-state index < -0.39 is 0 Å². The first kappa shape index (κ1) is 19.4. The van der Waals surface area contributed by atoms with Gasteiger partial charge in [0.05, 0.1) is 14.2 Å². The van der Waals surface area contributed by atoms with Crippen LogP contribution in [0.5, 0.6) is 17.2 Å². The Morgan fingerprint density at radius 2 is 1.88 bits per heavy atom. The number of phenolic OH excluding ortho intramolecular Hbond substituents is 1. The average molecular weight is 357 g/mol. The van der Waals surface area contributed by atoms with Gasteiger partial charge in [0.25, 0.3) is 0 Å². The molecule has 0 saturated carbocycles. The lowest BCUT2D eigenvalue weighted by atomic mass is 10.1. The number of nitrogens with one attached hydrogen (secondary N) is 1. The average Bonchev–Trinajstić information content (AvgIpc) is 2.66. The molecule has 2 N–H and O–H groups in total. The molecule has 0 bridgehead atoms. The van der Waals surface area contributed by atoms with Gasteiger partial charge in [-0.1, -0.05) is 24.3 Å². The summed E-state index contributed by atoms with van der Waals surface area (Å²) in [6, 6.07) is 13.3. The first-order chi connectivity index (χ1) is 12.6. The summed E-state index contributed by atoms with van der Waals surface area (Å²) < 4.78 is 10.5. The monoisotopic (exact) mass is 357 g/mol. The topological polar surface area (TPSA) is 66.3 Å². The highest BCUT2D eigenvalue weighted by molar-refractivity contribution is 5.79. The zero-order valence-electron chi connectivity index (χ0n) is 15.8. The van der Waals surface area contributed by atoms with Crippen LogP contribution in [0.1, 0.15) is 11.1 Å². The summed E-state index contributed by atoms with van der Waals surface area (Å²) in [4.78, 5) is 6.36. The SMILES string of the molecule is CN=C(NCCc1ccc(OC)cc1O)N(C)Cc1ccccc1OC. The zero-order valence-corrected chi connectivity index (χ0v) is 15.8. The first-order valence-electron chi connectivity index (χ1n) is 8.48. The lowest BCUT2D eigenvalue weighted by Crippen LogP contribution is -2.39. The Kier molecular flexibility index (Phi) is 7.14. The Morgan fingerprint density at radius 1 is 1.12 bits per heavy atom. The first-order valence-corrected chi connectivity index (χ1v) is 8.48. The van der Waals surface area contributed by atoms with E-state index in [1.54, 1.807) is 27.3 Å². The Hall–Kier alpha value is -2.89. The van der Waals surface area contributed by atoms with Crippen molar-refractivity contribution < 1.29 is 14.6 Å². The van der Waals surface area contributed by atoms with E-state index in [9.17, 15) is 5.11 Å². The van der Waals surface area contributed by atoms with Gasteiger partial charge in [0, 0.05) is 38.8 Å². The molecule has 0 aliphatic rings. The van der Waals surface area contributed by atoms with Crippen LogP contribution in [0, 0.1) is 0 Å². The molecule has 0 heterocycles. The molecule has 0 aliphatic heterocycles. The van der Waals surface area contributed by atoms with E-state index in [0.717, 1.165) is 22.8 Å². The second kappa shape index (κ2) is 9.56. The van der Waals surface area contributed by atoms with Crippen LogP contribution in [0.4, 0.5) is 0 Å². The standard InChI is InChI=1S/C20H27N3O3/c1-21-20(23(2)14-16-7-5-6-8-19(16)26-4)22-12-11-15-9-10-17(25-3)13-18(15)24/h5-10,13,24H,11-12,14H2,1-4H3,(H,21,22).